The summed E-state index contributed by atoms with van der Waals surface area (Å²) in [6, 6.07) is 14.6. The van der Waals surface area contributed by atoms with Gasteiger partial charge in [0.2, 0.25) is 5.91 Å². The molecule has 18 heavy (non-hydrogen) atoms. The second-order valence-corrected chi connectivity index (χ2v) is 4.77. The van der Waals surface area contributed by atoms with E-state index in [0.717, 1.165) is 19.3 Å². The minimum atomic E-state index is -0.190. The standard InChI is InChI=1S/C16H19NO/c1-2-5-15(16(17)18)11-12-8-9-13-6-3-4-7-14(13)10-12/h3-4,6-10,15H,2,5,11H2,1H3,(H2,17,18)/t15-/m1/s1. The van der Waals surface area contributed by atoms with Crippen LogP contribution in [0.15, 0.2) is 42.5 Å². The van der Waals surface area contributed by atoms with Gasteiger partial charge in [-0.25, -0.2) is 0 Å². The molecule has 0 heterocycles. The summed E-state index contributed by atoms with van der Waals surface area (Å²) in [6.07, 6.45) is 2.59. The zero-order chi connectivity index (χ0) is 13.0. The summed E-state index contributed by atoms with van der Waals surface area (Å²) in [4.78, 5) is 11.4. The van der Waals surface area contributed by atoms with Crippen LogP contribution < -0.4 is 5.73 Å². The van der Waals surface area contributed by atoms with Crippen molar-refractivity contribution in [1.82, 2.24) is 0 Å². The van der Waals surface area contributed by atoms with Crippen LogP contribution in [0.1, 0.15) is 25.3 Å². The number of carbonyl (C=O) groups is 1. The van der Waals surface area contributed by atoms with Crippen molar-refractivity contribution >= 4 is 16.7 Å². The maximum Gasteiger partial charge on any atom is 0.220 e. The lowest BCUT2D eigenvalue weighted by Gasteiger charge is -2.12. The summed E-state index contributed by atoms with van der Waals surface area (Å²) in [5, 5.41) is 2.45. The van der Waals surface area contributed by atoms with Crippen molar-refractivity contribution in [3.05, 3.63) is 48.0 Å². The Morgan fingerprint density at radius 2 is 1.89 bits per heavy atom. The van der Waals surface area contributed by atoms with Gasteiger partial charge in [-0.05, 0) is 29.2 Å². The van der Waals surface area contributed by atoms with Crippen LogP contribution in [0.2, 0.25) is 0 Å². The fourth-order valence-corrected chi connectivity index (χ4v) is 2.34. The minimum absolute atomic E-state index is 0.0452. The Labute approximate surface area is 108 Å². The Morgan fingerprint density at radius 3 is 2.56 bits per heavy atom. The maximum atomic E-state index is 11.4. The van der Waals surface area contributed by atoms with Crippen molar-refractivity contribution in [2.24, 2.45) is 11.7 Å². The predicted molar refractivity (Wildman–Crippen MR) is 75.2 cm³/mol. The quantitative estimate of drug-likeness (QED) is 0.857. The highest BCUT2D eigenvalue weighted by Gasteiger charge is 2.14. The van der Waals surface area contributed by atoms with E-state index in [4.69, 9.17) is 5.73 Å². The van der Waals surface area contributed by atoms with Gasteiger partial charge in [0, 0.05) is 5.92 Å². The van der Waals surface area contributed by atoms with Gasteiger partial charge in [-0.15, -0.1) is 0 Å². The number of nitrogens with two attached hydrogens (primary N) is 1. The molecular formula is C16H19NO. The molecule has 2 aromatic carbocycles. The van der Waals surface area contributed by atoms with E-state index in [1.54, 1.807) is 0 Å². The van der Waals surface area contributed by atoms with E-state index in [-0.39, 0.29) is 11.8 Å². The van der Waals surface area contributed by atoms with Crippen LogP contribution in [0, 0.1) is 5.92 Å². The Hall–Kier alpha value is -1.83. The summed E-state index contributed by atoms with van der Waals surface area (Å²) in [5.74, 6) is -0.235. The van der Waals surface area contributed by atoms with Gasteiger partial charge < -0.3 is 5.73 Å². The number of hydrogen-bond acceptors (Lipinski definition) is 1. The maximum absolute atomic E-state index is 11.4. The zero-order valence-electron chi connectivity index (χ0n) is 10.7. The predicted octanol–water partition coefficient (Wildman–Crippen LogP) is 3.28. The Balaban J connectivity index is 2.22. The molecule has 0 aliphatic heterocycles. The third-order valence-electron chi connectivity index (χ3n) is 3.34. The van der Waals surface area contributed by atoms with Crippen molar-refractivity contribution in [3.63, 3.8) is 0 Å². The first-order chi connectivity index (χ1) is 8.70. The topological polar surface area (TPSA) is 43.1 Å². The summed E-state index contributed by atoms with van der Waals surface area (Å²) in [7, 11) is 0. The van der Waals surface area contributed by atoms with Gasteiger partial charge in [-0.2, -0.15) is 0 Å². The number of hydrogen-bond donors (Lipinski definition) is 1. The second kappa shape index (κ2) is 5.67. The lowest BCUT2D eigenvalue weighted by atomic mass is 9.93. The molecule has 0 radical (unpaired) electrons. The molecule has 0 bridgehead atoms. The monoisotopic (exact) mass is 241 g/mol. The van der Waals surface area contributed by atoms with Gasteiger partial charge >= 0.3 is 0 Å². The highest BCUT2D eigenvalue weighted by atomic mass is 16.1. The van der Waals surface area contributed by atoms with Gasteiger partial charge in [0.25, 0.3) is 0 Å². The average Bonchev–Trinajstić information content (AvgIpc) is 2.38. The molecule has 2 nitrogen and oxygen atoms in total. The molecular weight excluding hydrogens is 222 g/mol. The van der Waals surface area contributed by atoms with E-state index in [2.05, 4.69) is 37.3 Å². The largest absolute Gasteiger partial charge is 0.369 e. The fraction of sp³-hybridized carbons (Fsp3) is 0.312. The molecule has 0 spiro atoms. The highest BCUT2D eigenvalue weighted by molar-refractivity contribution is 5.83. The normalized spacial score (nSPS) is 12.5. The molecule has 1 amide bonds. The van der Waals surface area contributed by atoms with Gasteiger partial charge in [0.1, 0.15) is 0 Å². The van der Waals surface area contributed by atoms with E-state index in [1.807, 2.05) is 12.1 Å². The van der Waals surface area contributed by atoms with Gasteiger partial charge in [0.05, 0.1) is 0 Å². The number of rotatable bonds is 5. The van der Waals surface area contributed by atoms with Crippen LogP contribution in [-0.4, -0.2) is 5.91 Å². The third-order valence-corrected chi connectivity index (χ3v) is 3.34. The smallest absolute Gasteiger partial charge is 0.220 e. The lowest BCUT2D eigenvalue weighted by Crippen LogP contribution is -2.24. The Bertz CT molecular complexity index is 548. The van der Waals surface area contributed by atoms with Crippen molar-refractivity contribution in [2.45, 2.75) is 26.2 Å². The summed E-state index contributed by atoms with van der Waals surface area (Å²) in [6.45, 7) is 2.08. The van der Waals surface area contributed by atoms with Gasteiger partial charge in [-0.1, -0.05) is 55.8 Å². The van der Waals surface area contributed by atoms with E-state index in [1.165, 1.54) is 16.3 Å². The third kappa shape index (κ3) is 2.89. The SMILES string of the molecule is CCC[C@H](Cc1ccc2ccccc2c1)C(N)=O. The number of carbonyl (C=O) groups excluding carboxylic acids is 1. The molecule has 0 aliphatic carbocycles. The van der Waals surface area contributed by atoms with E-state index in [9.17, 15) is 4.79 Å². The van der Waals surface area contributed by atoms with Crippen molar-refractivity contribution < 1.29 is 4.79 Å². The Morgan fingerprint density at radius 1 is 1.17 bits per heavy atom. The molecule has 2 N–H and O–H groups in total. The number of benzene rings is 2. The number of fused-ring (bicyclic) bond motifs is 1. The van der Waals surface area contributed by atoms with E-state index < -0.39 is 0 Å². The summed E-state index contributed by atoms with van der Waals surface area (Å²) in [5.41, 5.74) is 6.63. The van der Waals surface area contributed by atoms with Crippen LogP contribution in [0.3, 0.4) is 0 Å². The molecule has 0 aliphatic rings. The van der Waals surface area contributed by atoms with Crippen LogP contribution >= 0.6 is 0 Å². The molecule has 94 valence electrons. The molecule has 0 aromatic heterocycles. The van der Waals surface area contributed by atoms with Crippen LogP contribution in [-0.2, 0) is 11.2 Å². The van der Waals surface area contributed by atoms with E-state index >= 15 is 0 Å². The van der Waals surface area contributed by atoms with Gasteiger partial charge in [0.15, 0.2) is 0 Å². The molecule has 2 aromatic rings. The molecule has 2 rings (SSSR count). The van der Waals surface area contributed by atoms with Gasteiger partial charge in [-0.3, -0.25) is 4.79 Å². The Kier molecular flexibility index (Phi) is 3.98. The highest BCUT2D eigenvalue weighted by Crippen LogP contribution is 2.19. The molecule has 0 saturated heterocycles. The first-order valence-corrected chi connectivity index (χ1v) is 6.47. The molecule has 0 fully saturated rings. The van der Waals surface area contributed by atoms with Crippen LogP contribution in [0.4, 0.5) is 0 Å². The second-order valence-electron chi connectivity index (χ2n) is 4.77. The summed E-state index contributed by atoms with van der Waals surface area (Å²) < 4.78 is 0. The van der Waals surface area contributed by atoms with Crippen LogP contribution in [0.5, 0.6) is 0 Å². The molecule has 1 atom stereocenters. The molecule has 0 unspecified atom stereocenters. The molecule has 0 saturated carbocycles. The van der Waals surface area contributed by atoms with E-state index in [0.29, 0.717) is 0 Å². The fourth-order valence-electron chi connectivity index (χ4n) is 2.34. The van der Waals surface area contributed by atoms with Crippen LogP contribution in [0.25, 0.3) is 10.8 Å². The first-order valence-electron chi connectivity index (χ1n) is 6.47. The molecule has 2 heteroatoms. The summed E-state index contributed by atoms with van der Waals surface area (Å²) >= 11 is 0. The first kappa shape index (κ1) is 12.6. The zero-order valence-corrected chi connectivity index (χ0v) is 10.7. The minimum Gasteiger partial charge on any atom is -0.369 e. The van der Waals surface area contributed by atoms with Crippen molar-refractivity contribution in [2.75, 3.05) is 0 Å². The average molecular weight is 241 g/mol. The number of amides is 1. The number of primary amides is 1. The van der Waals surface area contributed by atoms with Crippen molar-refractivity contribution in [1.29, 1.82) is 0 Å². The lowest BCUT2D eigenvalue weighted by molar-refractivity contribution is -0.122. The van der Waals surface area contributed by atoms with Crippen molar-refractivity contribution in [3.8, 4) is 0 Å².